The molecule has 1 aromatic heterocycles. The monoisotopic (exact) mass is 212 g/mol. The number of anilines is 1. The number of pyridine rings is 1. The zero-order valence-electron chi connectivity index (χ0n) is 8.87. The Labute approximate surface area is 87.9 Å². The average Bonchev–Trinajstić information content (AvgIpc) is 2.14. The Kier molecular flexibility index (Phi) is 2.37. The fourth-order valence-electron chi connectivity index (χ4n) is 1.62. The summed E-state index contributed by atoms with van der Waals surface area (Å²) in [6.45, 7) is 3.74. The maximum absolute atomic E-state index is 12.6. The highest BCUT2D eigenvalue weighted by Gasteiger charge is 2.43. The van der Waals surface area contributed by atoms with Crippen LogP contribution < -0.4 is 4.90 Å². The number of halogens is 2. The minimum atomic E-state index is -2.52. The van der Waals surface area contributed by atoms with Gasteiger partial charge in [-0.25, -0.2) is 8.78 Å². The average molecular weight is 212 g/mol. The molecule has 0 radical (unpaired) electrons. The van der Waals surface area contributed by atoms with E-state index in [1.165, 1.54) is 0 Å². The van der Waals surface area contributed by atoms with Crippen molar-refractivity contribution in [1.29, 1.82) is 0 Å². The van der Waals surface area contributed by atoms with E-state index < -0.39 is 5.92 Å². The van der Waals surface area contributed by atoms with Gasteiger partial charge in [-0.1, -0.05) is 13.8 Å². The van der Waals surface area contributed by atoms with Crippen LogP contribution in [-0.2, 0) is 0 Å². The van der Waals surface area contributed by atoms with Crippen LogP contribution in [0, 0.1) is 0 Å². The quantitative estimate of drug-likeness (QED) is 0.749. The summed E-state index contributed by atoms with van der Waals surface area (Å²) in [6.07, 6.45) is 1.67. The normalized spacial score (nSPS) is 19.1. The Balaban J connectivity index is 2.06. The van der Waals surface area contributed by atoms with Crippen LogP contribution in [0.1, 0.15) is 25.5 Å². The molecule has 0 bridgehead atoms. The van der Waals surface area contributed by atoms with Gasteiger partial charge in [0.2, 0.25) is 0 Å². The first-order valence-electron chi connectivity index (χ1n) is 5.07. The number of nitrogens with zero attached hydrogens (tertiary/aromatic N) is 2. The van der Waals surface area contributed by atoms with Crippen LogP contribution in [0.3, 0.4) is 0 Å². The van der Waals surface area contributed by atoms with Crippen molar-refractivity contribution >= 4 is 5.69 Å². The van der Waals surface area contributed by atoms with Crippen LogP contribution in [0.2, 0.25) is 0 Å². The van der Waals surface area contributed by atoms with E-state index in [1.807, 2.05) is 12.1 Å². The molecule has 2 heterocycles. The smallest absolute Gasteiger partial charge is 0.282 e. The molecular weight excluding hydrogens is 198 g/mol. The van der Waals surface area contributed by atoms with Crippen molar-refractivity contribution in [3.63, 3.8) is 0 Å². The van der Waals surface area contributed by atoms with Crippen molar-refractivity contribution in [1.82, 2.24) is 4.98 Å². The second-order valence-electron chi connectivity index (χ2n) is 4.31. The standard InChI is InChI=1S/C11H14F2N2/c1-8(2)10-4-3-9(5-14-10)15-6-11(12,13)7-15/h3-5,8H,6-7H2,1-2H3. The summed E-state index contributed by atoms with van der Waals surface area (Å²) in [5.41, 5.74) is 1.77. The van der Waals surface area contributed by atoms with E-state index in [0.29, 0.717) is 5.92 Å². The maximum atomic E-state index is 12.6. The molecule has 1 aromatic rings. The Morgan fingerprint density at radius 1 is 1.33 bits per heavy atom. The van der Waals surface area contributed by atoms with Crippen molar-refractivity contribution in [3.05, 3.63) is 24.0 Å². The third-order valence-electron chi connectivity index (χ3n) is 2.57. The summed E-state index contributed by atoms with van der Waals surface area (Å²) >= 11 is 0. The molecule has 0 atom stereocenters. The number of alkyl halides is 2. The van der Waals surface area contributed by atoms with Gasteiger partial charge >= 0.3 is 0 Å². The van der Waals surface area contributed by atoms with Gasteiger partial charge in [0.05, 0.1) is 25.0 Å². The highest BCUT2D eigenvalue weighted by atomic mass is 19.3. The molecule has 0 spiro atoms. The molecule has 82 valence electrons. The molecule has 1 aliphatic rings. The van der Waals surface area contributed by atoms with Gasteiger partial charge in [0, 0.05) is 5.69 Å². The fourth-order valence-corrected chi connectivity index (χ4v) is 1.62. The third-order valence-corrected chi connectivity index (χ3v) is 2.57. The predicted octanol–water partition coefficient (Wildman–Crippen LogP) is 2.66. The first-order chi connectivity index (χ1) is 6.98. The van der Waals surface area contributed by atoms with Gasteiger partial charge in [-0.15, -0.1) is 0 Å². The molecule has 0 aromatic carbocycles. The van der Waals surface area contributed by atoms with Crippen molar-refractivity contribution in [2.75, 3.05) is 18.0 Å². The molecule has 15 heavy (non-hydrogen) atoms. The summed E-state index contributed by atoms with van der Waals surface area (Å²) in [5.74, 6) is -2.15. The summed E-state index contributed by atoms with van der Waals surface area (Å²) in [4.78, 5) is 5.88. The van der Waals surface area contributed by atoms with Crippen molar-refractivity contribution < 1.29 is 8.78 Å². The van der Waals surface area contributed by atoms with Gasteiger partial charge in [-0.3, -0.25) is 4.98 Å². The van der Waals surface area contributed by atoms with Crippen LogP contribution in [0.15, 0.2) is 18.3 Å². The third kappa shape index (κ3) is 2.08. The molecule has 0 aliphatic carbocycles. The van der Waals surface area contributed by atoms with E-state index in [0.717, 1.165) is 11.4 Å². The lowest BCUT2D eigenvalue weighted by molar-refractivity contribution is -0.0262. The highest BCUT2D eigenvalue weighted by Crippen LogP contribution is 2.31. The zero-order chi connectivity index (χ0) is 11.1. The van der Waals surface area contributed by atoms with E-state index in [2.05, 4.69) is 18.8 Å². The largest absolute Gasteiger partial charge is 0.358 e. The Morgan fingerprint density at radius 3 is 2.40 bits per heavy atom. The number of rotatable bonds is 2. The predicted molar refractivity (Wildman–Crippen MR) is 55.5 cm³/mol. The van der Waals surface area contributed by atoms with E-state index in [4.69, 9.17) is 0 Å². The summed E-state index contributed by atoms with van der Waals surface area (Å²) in [5, 5.41) is 0. The second-order valence-corrected chi connectivity index (χ2v) is 4.31. The molecule has 1 saturated heterocycles. The van der Waals surface area contributed by atoms with Crippen LogP contribution in [-0.4, -0.2) is 24.0 Å². The minimum Gasteiger partial charge on any atom is -0.358 e. The van der Waals surface area contributed by atoms with Gasteiger partial charge in [0.25, 0.3) is 5.92 Å². The van der Waals surface area contributed by atoms with Crippen LogP contribution >= 0.6 is 0 Å². The van der Waals surface area contributed by atoms with Crippen molar-refractivity contribution in [2.24, 2.45) is 0 Å². The Morgan fingerprint density at radius 2 is 2.00 bits per heavy atom. The first-order valence-corrected chi connectivity index (χ1v) is 5.07. The number of aromatic nitrogens is 1. The van der Waals surface area contributed by atoms with E-state index in [-0.39, 0.29) is 13.1 Å². The SMILES string of the molecule is CC(C)c1ccc(N2CC(F)(F)C2)cn1. The fraction of sp³-hybridized carbons (Fsp3) is 0.545. The molecule has 2 nitrogen and oxygen atoms in total. The number of hydrogen-bond donors (Lipinski definition) is 0. The van der Waals surface area contributed by atoms with E-state index in [9.17, 15) is 8.78 Å². The van der Waals surface area contributed by atoms with Gasteiger partial charge < -0.3 is 4.90 Å². The van der Waals surface area contributed by atoms with E-state index in [1.54, 1.807) is 11.1 Å². The molecule has 2 rings (SSSR count). The van der Waals surface area contributed by atoms with Crippen molar-refractivity contribution in [3.8, 4) is 0 Å². The second kappa shape index (κ2) is 3.43. The molecular formula is C11H14F2N2. The minimum absolute atomic E-state index is 0.185. The summed E-state index contributed by atoms with van der Waals surface area (Å²) in [7, 11) is 0. The molecule has 1 aliphatic heterocycles. The number of hydrogen-bond acceptors (Lipinski definition) is 2. The molecule has 1 fully saturated rings. The zero-order valence-corrected chi connectivity index (χ0v) is 8.87. The van der Waals surface area contributed by atoms with Gasteiger partial charge in [-0.05, 0) is 18.1 Å². The van der Waals surface area contributed by atoms with Gasteiger partial charge in [0.1, 0.15) is 0 Å². The van der Waals surface area contributed by atoms with Crippen LogP contribution in [0.25, 0.3) is 0 Å². The topological polar surface area (TPSA) is 16.1 Å². The molecule has 0 saturated carbocycles. The first kappa shape index (κ1) is 10.3. The van der Waals surface area contributed by atoms with Crippen LogP contribution in [0.5, 0.6) is 0 Å². The molecule has 0 N–H and O–H groups in total. The maximum Gasteiger partial charge on any atom is 0.282 e. The van der Waals surface area contributed by atoms with Crippen LogP contribution in [0.4, 0.5) is 14.5 Å². The highest BCUT2D eigenvalue weighted by molar-refractivity contribution is 5.48. The van der Waals surface area contributed by atoms with E-state index >= 15 is 0 Å². The summed E-state index contributed by atoms with van der Waals surface area (Å²) < 4.78 is 25.2. The molecule has 0 unspecified atom stereocenters. The Bertz CT molecular complexity index is 338. The Hall–Kier alpha value is -1.19. The molecule has 0 amide bonds. The van der Waals surface area contributed by atoms with Gasteiger partial charge in [0.15, 0.2) is 0 Å². The summed E-state index contributed by atoms with van der Waals surface area (Å²) in [6, 6.07) is 3.76. The lowest BCUT2D eigenvalue weighted by Gasteiger charge is -2.40. The molecule has 4 heteroatoms. The van der Waals surface area contributed by atoms with Crippen molar-refractivity contribution in [2.45, 2.75) is 25.7 Å². The lowest BCUT2D eigenvalue weighted by Crippen LogP contribution is -2.56. The lowest BCUT2D eigenvalue weighted by atomic mass is 10.1. The van der Waals surface area contributed by atoms with Gasteiger partial charge in [-0.2, -0.15) is 0 Å².